The molecule has 0 amide bonds. The Labute approximate surface area is 205 Å². The third-order valence-corrected chi connectivity index (χ3v) is 6.75. The molecule has 33 heavy (non-hydrogen) atoms. The molecule has 0 fully saturated rings. The fourth-order valence-electron chi connectivity index (χ4n) is 4.38. The molecule has 4 unspecified atom stereocenters. The van der Waals surface area contributed by atoms with Crippen molar-refractivity contribution in [2.45, 2.75) is 112 Å². The molecule has 0 aliphatic carbocycles. The average molecular weight is 463 g/mol. The van der Waals surface area contributed by atoms with E-state index in [4.69, 9.17) is 9.47 Å². The lowest BCUT2D eigenvalue weighted by Crippen LogP contribution is -2.22. The summed E-state index contributed by atoms with van der Waals surface area (Å²) >= 11 is 0. The second-order valence-electron chi connectivity index (χ2n) is 11.0. The van der Waals surface area contributed by atoms with Gasteiger partial charge in [-0.25, -0.2) is 0 Å². The first-order chi connectivity index (χ1) is 15.9. The second kappa shape index (κ2) is 19.4. The Morgan fingerprint density at radius 3 is 1.67 bits per heavy atom. The van der Waals surface area contributed by atoms with Crippen LogP contribution >= 0.6 is 0 Å². The third-order valence-electron chi connectivity index (χ3n) is 6.75. The maximum absolute atomic E-state index is 10.0. The van der Waals surface area contributed by atoms with E-state index in [1.165, 1.54) is 57.8 Å². The molecule has 1 aromatic rings. The molecule has 3 heteroatoms. The molecule has 0 spiro atoms. The first-order valence-corrected chi connectivity index (χ1v) is 13.7. The molecule has 0 bridgehead atoms. The average Bonchev–Trinajstić information content (AvgIpc) is 2.77. The van der Waals surface area contributed by atoms with Gasteiger partial charge in [0, 0.05) is 6.61 Å². The van der Waals surface area contributed by atoms with Gasteiger partial charge in [-0.1, -0.05) is 123 Å². The molecule has 192 valence electrons. The van der Waals surface area contributed by atoms with Crippen molar-refractivity contribution in [2.75, 3.05) is 19.8 Å². The minimum atomic E-state index is -0.553. The summed E-state index contributed by atoms with van der Waals surface area (Å²) in [5.74, 6) is 3.28. The smallest absolute Gasteiger partial charge is 0.101 e. The molecule has 0 saturated carbocycles. The van der Waals surface area contributed by atoms with Crippen molar-refractivity contribution in [1.29, 1.82) is 0 Å². The maximum atomic E-state index is 10.0. The number of ether oxygens (including phenoxy) is 2. The van der Waals surface area contributed by atoms with Gasteiger partial charge in [0.25, 0.3) is 0 Å². The van der Waals surface area contributed by atoms with E-state index < -0.39 is 6.10 Å². The van der Waals surface area contributed by atoms with Gasteiger partial charge >= 0.3 is 0 Å². The van der Waals surface area contributed by atoms with E-state index in [1.54, 1.807) is 0 Å². The molecule has 0 saturated heterocycles. The van der Waals surface area contributed by atoms with Crippen LogP contribution in [0.2, 0.25) is 0 Å². The lowest BCUT2D eigenvalue weighted by atomic mass is 9.91. The van der Waals surface area contributed by atoms with E-state index in [1.807, 2.05) is 30.3 Å². The van der Waals surface area contributed by atoms with Crippen molar-refractivity contribution in [3.05, 3.63) is 35.9 Å². The zero-order valence-electron chi connectivity index (χ0n) is 22.4. The lowest BCUT2D eigenvalue weighted by molar-refractivity contribution is -0.0253. The first-order valence-electron chi connectivity index (χ1n) is 13.7. The zero-order valence-corrected chi connectivity index (χ0v) is 22.4. The quantitative estimate of drug-likeness (QED) is 0.188. The molecule has 0 aliphatic rings. The Morgan fingerprint density at radius 2 is 1.12 bits per heavy atom. The van der Waals surface area contributed by atoms with E-state index in [0.29, 0.717) is 25.7 Å². The monoisotopic (exact) mass is 462 g/mol. The highest BCUT2D eigenvalue weighted by Gasteiger charge is 2.09. The Bertz CT molecular complexity index is 545. The van der Waals surface area contributed by atoms with Crippen LogP contribution in [-0.4, -0.2) is 31.0 Å². The Kier molecular flexibility index (Phi) is 17.7. The van der Waals surface area contributed by atoms with Gasteiger partial charge in [0.15, 0.2) is 0 Å². The second-order valence-corrected chi connectivity index (χ2v) is 11.0. The number of aliphatic hydroxyl groups excluding tert-OH is 1. The highest BCUT2D eigenvalue weighted by molar-refractivity contribution is 5.13. The van der Waals surface area contributed by atoms with Crippen LogP contribution in [-0.2, 0) is 16.1 Å². The molecule has 1 aromatic carbocycles. The Hall–Kier alpha value is -0.900. The summed E-state index contributed by atoms with van der Waals surface area (Å²) in [4.78, 5) is 0. The van der Waals surface area contributed by atoms with Crippen molar-refractivity contribution >= 4 is 0 Å². The minimum Gasteiger partial charge on any atom is -0.388 e. The zero-order chi connectivity index (χ0) is 24.3. The van der Waals surface area contributed by atoms with Crippen LogP contribution in [0, 0.1) is 23.7 Å². The molecular formula is C30H54O3. The van der Waals surface area contributed by atoms with Crippen LogP contribution in [0.3, 0.4) is 0 Å². The van der Waals surface area contributed by atoms with Gasteiger partial charge in [-0.3, -0.25) is 0 Å². The van der Waals surface area contributed by atoms with E-state index in [9.17, 15) is 5.11 Å². The topological polar surface area (TPSA) is 38.7 Å². The summed E-state index contributed by atoms with van der Waals surface area (Å²) in [6.07, 6.45) is 12.8. The first kappa shape index (κ1) is 30.1. The highest BCUT2D eigenvalue weighted by atomic mass is 16.5. The molecule has 0 radical (unpaired) electrons. The molecule has 0 heterocycles. The summed E-state index contributed by atoms with van der Waals surface area (Å²) in [5.41, 5.74) is 1.13. The van der Waals surface area contributed by atoms with Crippen LogP contribution in [0.5, 0.6) is 0 Å². The van der Waals surface area contributed by atoms with Gasteiger partial charge in [-0.2, -0.15) is 0 Å². The molecule has 0 aromatic heterocycles. The van der Waals surface area contributed by atoms with Crippen molar-refractivity contribution in [3.63, 3.8) is 0 Å². The van der Waals surface area contributed by atoms with E-state index in [0.717, 1.165) is 36.3 Å². The highest BCUT2D eigenvalue weighted by Crippen LogP contribution is 2.22. The summed E-state index contributed by atoms with van der Waals surface area (Å²) in [7, 11) is 0. The molecule has 4 atom stereocenters. The number of hydrogen-bond donors (Lipinski definition) is 1. The SMILES string of the molecule is CC(C)CCCC(C)CCCC(C)CCCC(C)CCOCC(O)COCc1ccccc1. The van der Waals surface area contributed by atoms with Crippen LogP contribution in [0.15, 0.2) is 30.3 Å². The van der Waals surface area contributed by atoms with Gasteiger partial charge in [0.05, 0.1) is 19.8 Å². The van der Waals surface area contributed by atoms with E-state index >= 15 is 0 Å². The van der Waals surface area contributed by atoms with Crippen LogP contribution in [0.25, 0.3) is 0 Å². The third kappa shape index (κ3) is 18.1. The van der Waals surface area contributed by atoms with Crippen molar-refractivity contribution < 1.29 is 14.6 Å². The summed E-state index contributed by atoms with van der Waals surface area (Å²) in [6, 6.07) is 10.0. The van der Waals surface area contributed by atoms with Crippen molar-refractivity contribution in [1.82, 2.24) is 0 Å². The maximum Gasteiger partial charge on any atom is 0.101 e. The van der Waals surface area contributed by atoms with Gasteiger partial charge in [0.2, 0.25) is 0 Å². The number of hydrogen-bond acceptors (Lipinski definition) is 3. The standard InChI is InChI=1S/C30H54O3/c1-25(2)12-9-13-26(3)14-10-15-27(4)16-11-17-28(5)20-21-32-23-30(31)24-33-22-29-18-7-6-8-19-29/h6-8,18-19,25-28,30-31H,9-17,20-24H2,1-5H3. The van der Waals surface area contributed by atoms with E-state index in [-0.39, 0.29) is 0 Å². The summed E-state index contributed by atoms with van der Waals surface area (Å²) < 4.78 is 11.3. The fraction of sp³-hybridized carbons (Fsp3) is 0.800. The van der Waals surface area contributed by atoms with Crippen LogP contribution in [0.4, 0.5) is 0 Å². The number of rotatable bonds is 21. The molecule has 1 N–H and O–H groups in total. The molecule has 1 rings (SSSR count). The molecule has 3 nitrogen and oxygen atoms in total. The van der Waals surface area contributed by atoms with Crippen molar-refractivity contribution in [2.24, 2.45) is 23.7 Å². The molecular weight excluding hydrogens is 408 g/mol. The van der Waals surface area contributed by atoms with E-state index in [2.05, 4.69) is 34.6 Å². The summed E-state index contributed by atoms with van der Waals surface area (Å²) in [5, 5.41) is 10.0. The van der Waals surface area contributed by atoms with Gasteiger partial charge in [-0.15, -0.1) is 0 Å². The predicted octanol–water partition coefficient (Wildman–Crippen LogP) is 8.05. The Morgan fingerprint density at radius 1 is 0.636 bits per heavy atom. The van der Waals surface area contributed by atoms with Gasteiger partial charge < -0.3 is 14.6 Å². The predicted molar refractivity (Wildman–Crippen MR) is 141 cm³/mol. The largest absolute Gasteiger partial charge is 0.388 e. The number of benzene rings is 1. The summed E-state index contributed by atoms with van der Waals surface area (Å²) in [6.45, 7) is 13.8. The van der Waals surface area contributed by atoms with Crippen LogP contribution < -0.4 is 0 Å². The number of aliphatic hydroxyl groups is 1. The Balaban J connectivity index is 1.93. The minimum absolute atomic E-state index is 0.319. The lowest BCUT2D eigenvalue weighted by Gasteiger charge is -2.17. The van der Waals surface area contributed by atoms with Gasteiger partial charge in [-0.05, 0) is 35.7 Å². The fourth-order valence-corrected chi connectivity index (χ4v) is 4.38. The van der Waals surface area contributed by atoms with Crippen LogP contribution in [0.1, 0.15) is 104 Å². The molecule has 0 aliphatic heterocycles. The van der Waals surface area contributed by atoms with Gasteiger partial charge in [0.1, 0.15) is 6.10 Å². The van der Waals surface area contributed by atoms with Crippen molar-refractivity contribution in [3.8, 4) is 0 Å². The normalized spacial score (nSPS) is 15.5.